The first-order chi connectivity index (χ1) is 8.29. The highest BCUT2D eigenvalue weighted by atomic mass is 16.1. The first-order valence-electron chi connectivity index (χ1n) is 6.10. The van der Waals surface area contributed by atoms with Crippen molar-refractivity contribution in [3.63, 3.8) is 0 Å². The molecule has 1 aromatic rings. The van der Waals surface area contributed by atoms with Crippen LogP contribution in [0, 0.1) is 5.92 Å². The van der Waals surface area contributed by atoms with Crippen molar-refractivity contribution >= 4 is 11.6 Å². The van der Waals surface area contributed by atoms with E-state index in [9.17, 15) is 4.79 Å². The molecule has 1 saturated heterocycles. The molecule has 1 amide bonds. The van der Waals surface area contributed by atoms with Gasteiger partial charge < -0.3 is 16.4 Å². The third kappa shape index (κ3) is 3.28. The number of anilines is 1. The first kappa shape index (κ1) is 12.1. The number of carbonyl (C=O) groups excluding carboxylic acids is 1. The molecule has 17 heavy (non-hydrogen) atoms. The van der Waals surface area contributed by atoms with Crippen LogP contribution in [0.1, 0.15) is 18.4 Å². The number of hydrogen-bond acceptors (Lipinski definition) is 3. The van der Waals surface area contributed by atoms with Crippen LogP contribution in [-0.2, 0) is 11.3 Å². The van der Waals surface area contributed by atoms with E-state index in [0.29, 0.717) is 6.54 Å². The molecule has 4 heteroatoms. The summed E-state index contributed by atoms with van der Waals surface area (Å²) in [6.45, 7) is 2.40. The van der Waals surface area contributed by atoms with Gasteiger partial charge >= 0.3 is 0 Å². The Hall–Kier alpha value is -1.39. The zero-order valence-corrected chi connectivity index (χ0v) is 9.91. The summed E-state index contributed by atoms with van der Waals surface area (Å²) in [6.07, 6.45) is 1.85. The Balaban J connectivity index is 1.92. The van der Waals surface area contributed by atoms with Crippen LogP contribution in [0.5, 0.6) is 0 Å². The normalized spacial score (nSPS) is 16.8. The maximum atomic E-state index is 12.0. The van der Waals surface area contributed by atoms with E-state index in [1.54, 1.807) is 0 Å². The van der Waals surface area contributed by atoms with Crippen LogP contribution in [-0.4, -0.2) is 19.0 Å². The molecule has 0 spiro atoms. The van der Waals surface area contributed by atoms with Crippen molar-refractivity contribution in [2.75, 3.05) is 18.4 Å². The Morgan fingerprint density at radius 1 is 1.29 bits per heavy atom. The van der Waals surface area contributed by atoms with Crippen LogP contribution in [0.25, 0.3) is 0 Å². The van der Waals surface area contributed by atoms with E-state index in [1.165, 1.54) is 0 Å². The van der Waals surface area contributed by atoms with Crippen molar-refractivity contribution in [1.82, 2.24) is 5.32 Å². The second-order valence-corrected chi connectivity index (χ2v) is 4.41. The van der Waals surface area contributed by atoms with Gasteiger partial charge in [0.1, 0.15) is 0 Å². The zero-order chi connectivity index (χ0) is 12.1. The van der Waals surface area contributed by atoms with E-state index in [0.717, 1.165) is 37.2 Å². The molecule has 0 atom stereocenters. The molecule has 0 unspecified atom stereocenters. The van der Waals surface area contributed by atoms with Gasteiger partial charge in [-0.15, -0.1) is 0 Å². The molecule has 0 bridgehead atoms. The predicted octanol–water partition coefficient (Wildman–Crippen LogP) is 1.08. The minimum absolute atomic E-state index is 0.131. The summed E-state index contributed by atoms with van der Waals surface area (Å²) >= 11 is 0. The lowest BCUT2D eigenvalue weighted by Gasteiger charge is -2.21. The molecule has 4 nitrogen and oxygen atoms in total. The van der Waals surface area contributed by atoms with Crippen molar-refractivity contribution in [3.8, 4) is 0 Å². The van der Waals surface area contributed by atoms with Gasteiger partial charge in [0.05, 0.1) is 0 Å². The lowest BCUT2D eigenvalue weighted by atomic mass is 9.97. The van der Waals surface area contributed by atoms with Crippen molar-refractivity contribution in [3.05, 3.63) is 29.8 Å². The predicted molar refractivity (Wildman–Crippen MR) is 68.6 cm³/mol. The summed E-state index contributed by atoms with van der Waals surface area (Å²) in [5.74, 6) is 0.275. The largest absolute Gasteiger partial charge is 0.326 e. The van der Waals surface area contributed by atoms with E-state index in [4.69, 9.17) is 5.73 Å². The monoisotopic (exact) mass is 233 g/mol. The lowest BCUT2D eigenvalue weighted by Crippen LogP contribution is -2.34. The van der Waals surface area contributed by atoms with Gasteiger partial charge in [-0.1, -0.05) is 12.1 Å². The van der Waals surface area contributed by atoms with Gasteiger partial charge in [0.2, 0.25) is 5.91 Å². The van der Waals surface area contributed by atoms with Gasteiger partial charge in [-0.25, -0.2) is 0 Å². The lowest BCUT2D eigenvalue weighted by molar-refractivity contribution is -0.120. The molecule has 4 N–H and O–H groups in total. The fraction of sp³-hybridized carbons (Fsp3) is 0.462. The van der Waals surface area contributed by atoms with Gasteiger partial charge in [0, 0.05) is 18.2 Å². The molecule has 1 heterocycles. The van der Waals surface area contributed by atoms with Crippen LogP contribution in [0.4, 0.5) is 5.69 Å². The topological polar surface area (TPSA) is 67.1 Å². The molecule has 0 radical (unpaired) electrons. The summed E-state index contributed by atoms with van der Waals surface area (Å²) in [7, 11) is 0. The highest BCUT2D eigenvalue weighted by Crippen LogP contribution is 2.16. The summed E-state index contributed by atoms with van der Waals surface area (Å²) < 4.78 is 0. The molecule has 1 aromatic carbocycles. The minimum atomic E-state index is 0.131. The van der Waals surface area contributed by atoms with Gasteiger partial charge in [0.25, 0.3) is 0 Å². The van der Waals surface area contributed by atoms with Crippen LogP contribution >= 0.6 is 0 Å². The summed E-state index contributed by atoms with van der Waals surface area (Å²) in [5, 5.41) is 6.21. The highest BCUT2D eigenvalue weighted by molar-refractivity contribution is 5.92. The van der Waals surface area contributed by atoms with E-state index in [-0.39, 0.29) is 11.8 Å². The van der Waals surface area contributed by atoms with Gasteiger partial charge in [-0.2, -0.15) is 0 Å². The Bertz CT molecular complexity index is 369. The van der Waals surface area contributed by atoms with Crippen molar-refractivity contribution < 1.29 is 4.79 Å². The van der Waals surface area contributed by atoms with Crippen molar-refractivity contribution in [2.45, 2.75) is 19.4 Å². The van der Waals surface area contributed by atoms with Gasteiger partial charge in [-0.3, -0.25) is 4.79 Å². The van der Waals surface area contributed by atoms with Gasteiger partial charge in [0.15, 0.2) is 0 Å². The quantitative estimate of drug-likeness (QED) is 0.732. The summed E-state index contributed by atoms with van der Waals surface area (Å²) in [4.78, 5) is 12.0. The fourth-order valence-electron chi connectivity index (χ4n) is 2.05. The number of benzene rings is 1. The van der Waals surface area contributed by atoms with Crippen LogP contribution in [0.15, 0.2) is 24.3 Å². The average Bonchev–Trinajstić information content (AvgIpc) is 2.40. The van der Waals surface area contributed by atoms with Crippen molar-refractivity contribution in [2.24, 2.45) is 11.7 Å². The number of hydrogen-bond donors (Lipinski definition) is 3. The maximum Gasteiger partial charge on any atom is 0.227 e. The Morgan fingerprint density at radius 2 is 1.94 bits per heavy atom. The van der Waals surface area contributed by atoms with E-state index in [2.05, 4.69) is 10.6 Å². The molecule has 1 fully saturated rings. The van der Waals surface area contributed by atoms with E-state index >= 15 is 0 Å². The molecule has 0 aliphatic carbocycles. The maximum absolute atomic E-state index is 12.0. The second kappa shape index (κ2) is 5.80. The molecule has 1 aliphatic heterocycles. The van der Waals surface area contributed by atoms with E-state index < -0.39 is 0 Å². The fourth-order valence-corrected chi connectivity index (χ4v) is 2.05. The molecule has 0 aromatic heterocycles. The summed E-state index contributed by atoms with van der Waals surface area (Å²) in [5.41, 5.74) is 7.45. The molecular formula is C13H19N3O. The van der Waals surface area contributed by atoms with Crippen LogP contribution in [0.3, 0.4) is 0 Å². The first-order valence-corrected chi connectivity index (χ1v) is 6.10. The van der Waals surface area contributed by atoms with Crippen LogP contribution < -0.4 is 16.4 Å². The average molecular weight is 233 g/mol. The number of carbonyl (C=O) groups is 1. The zero-order valence-electron chi connectivity index (χ0n) is 9.91. The SMILES string of the molecule is NCc1ccc(NC(=O)C2CCNCC2)cc1. The third-order valence-electron chi connectivity index (χ3n) is 3.17. The molecular weight excluding hydrogens is 214 g/mol. The van der Waals surface area contributed by atoms with Crippen molar-refractivity contribution in [1.29, 1.82) is 0 Å². The number of piperidine rings is 1. The number of nitrogens with one attached hydrogen (secondary N) is 2. The smallest absolute Gasteiger partial charge is 0.227 e. The molecule has 1 aliphatic rings. The highest BCUT2D eigenvalue weighted by Gasteiger charge is 2.20. The minimum Gasteiger partial charge on any atom is -0.326 e. The standard InChI is InChI=1S/C13H19N3O/c14-9-10-1-3-12(4-2-10)16-13(17)11-5-7-15-8-6-11/h1-4,11,15H,5-9,14H2,(H,16,17). The number of rotatable bonds is 3. The second-order valence-electron chi connectivity index (χ2n) is 4.41. The number of amides is 1. The van der Waals surface area contributed by atoms with Gasteiger partial charge in [-0.05, 0) is 43.6 Å². The number of nitrogens with two attached hydrogens (primary N) is 1. The molecule has 2 rings (SSSR count). The third-order valence-corrected chi connectivity index (χ3v) is 3.17. The van der Waals surface area contributed by atoms with Crippen LogP contribution in [0.2, 0.25) is 0 Å². The molecule has 0 saturated carbocycles. The Morgan fingerprint density at radius 3 is 2.53 bits per heavy atom. The Kier molecular flexibility index (Phi) is 4.12. The Labute approximate surface area is 102 Å². The van der Waals surface area contributed by atoms with E-state index in [1.807, 2.05) is 24.3 Å². The molecule has 92 valence electrons. The summed E-state index contributed by atoms with van der Waals surface area (Å²) in [6, 6.07) is 7.69.